The summed E-state index contributed by atoms with van der Waals surface area (Å²) in [4.78, 5) is 18.4. The van der Waals surface area contributed by atoms with Crippen molar-refractivity contribution in [3.63, 3.8) is 0 Å². The SMILES string of the molecule is O=C(c1cccnc1)N1CCCC(c2nnc(-c3ccc(F)cc3)o2)C1. The summed E-state index contributed by atoms with van der Waals surface area (Å²) >= 11 is 0. The van der Waals surface area contributed by atoms with E-state index in [1.165, 1.54) is 12.1 Å². The standard InChI is InChI=1S/C19H17FN4O2/c20-16-7-5-13(6-8-16)17-22-23-18(26-17)15-4-2-10-24(12-15)19(25)14-3-1-9-21-11-14/h1,3,5-9,11,15H,2,4,10,12H2. The lowest BCUT2D eigenvalue weighted by Gasteiger charge is -2.31. The van der Waals surface area contributed by atoms with Gasteiger partial charge in [-0.1, -0.05) is 0 Å². The van der Waals surface area contributed by atoms with E-state index in [1.54, 1.807) is 41.6 Å². The van der Waals surface area contributed by atoms with Crippen molar-refractivity contribution in [3.8, 4) is 11.5 Å². The summed E-state index contributed by atoms with van der Waals surface area (Å²) < 4.78 is 18.8. The lowest BCUT2D eigenvalue weighted by Crippen LogP contribution is -2.39. The van der Waals surface area contributed by atoms with Gasteiger partial charge in [-0.25, -0.2) is 4.39 Å². The van der Waals surface area contributed by atoms with Gasteiger partial charge >= 0.3 is 0 Å². The van der Waals surface area contributed by atoms with Crippen molar-refractivity contribution in [2.24, 2.45) is 0 Å². The van der Waals surface area contributed by atoms with Gasteiger partial charge < -0.3 is 9.32 Å². The lowest BCUT2D eigenvalue weighted by molar-refractivity contribution is 0.0698. The Labute approximate surface area is 149 Å². The minimum absolute atomic E-state index is 0.00827. The molecule has 0 aliphatic carbocycles. The third kappa shape index (κ3) is 3.33. The van der Waals surface area contributed by atoms with E-state index in [9.17, 15) is 9.18 Å². The number of pyridine rings is 1. The second kappa shape index (κ2) is 7.03. The molecule has 0 N–H and O–H groups in total. The molecule has 0 radical (unpaired) electrons. The smallest absolute Gasteiger partial charge is 0.255 e. The van der Waals surface area contributed by atoms with Crippen molar-refractivity contribution < 1.29 is 13.6 Å². The number of piperidine rings is 1. The Bertz CT molecular complexity index is 895. The highest BCUT2D eigenvalue weighted by molar-refractivity contribution is 5.93. The lowest BCUT2D eigenvalue weighted by atomic mass is 9.97. The zero-order valence-corrected chi connectivity index (χ0v) is 14.0. The molecule has 3 heterocycles. The summed E-state index contributed by atoms with van der Waals surface area (Å²) in [5.74, 6) is 0.501. The van der Waals surface area contributed by atoms with Crippen molar-refractivity contribution in [2.45, 2.75) is 18.8 Å². The molecule has 7 heteroatoms. The highest BCUT2D eigenvalue weighted by Gasteiger charge is 2.29. The molecule has 0 bridgehead atoms. The summed E-state index contributed by atoms with van der Waals surface area (Å²) in [5.41, 5.74) is 1.25. The van der Waals surface area contributed by atoms with E-state index in [-0.39, 0.29) is 17.6 Å². The highest BCUT2D eigenvalue weighted by atomic mass is 19.1. The monoisotopic (exact) mass is 352 g/mol. The number of carbonyl (C=O) groups excluding carboxylic acids is 1. The predicted molar refractivity (Wildman–Crippen MR) is 91.8 cm³/mol. The Morgan fingerprint density at radius 3 is 2.81 bits per heavy atom. The second-order valence-corrected chi connectivity index (χ2v) is 6.28. The summed E-state index contributed by atoms with van der Waals surface area (Å²) in [6, 6.07) is 9.43. The molecular weight excluding hydrogens is 335 g/mol. The minimum atomic E-state index is -0.315. The number of aromatic nitrogens is 3. The van der Waals surface area contributed by atoms with Crippen LogP contribution in [0, 0.1) is 5.82 Å². The number of nitrogens with zero attached hydrogens (tertiary/aromatic N) is 4. The van der Waals surface area contributed by atoms with Crippen LogP contribution in [-0.4, -0.2) is 39.1 Å². The topological polar surface area (TPSA) is 72.1 Å². The first-order chi connectivity index (χ1) is 12.7. The van der Waals surface area contributed by atoms with Crippen LogP contribution < -0.4 is 0 Å². The van der Waals surface area contributed by atoms with Gasteiger partial charge in [0.2, 0.25) is 11.8 Å². The summed E-state index contributed by atoms with van der Waals surface area (Å²) in [6.45, 7) is 1.22. The zero-order valence-electron chi connectivity index (χ0n) is 14.0. The third-order valence-electron chi connectivity index (χ3n) is 4.50. The second-order valence-electron chi connectivity index (χ2n) is 6.28. The van der Waals surface area contributed by atoms with E-state index in [2.05, 4.69) is 15.2 Å². The fourth-order valence-corrected chi connectivity index (χ4v) is 3.14. The molecule has 1 aromatic carbocycles. The van der Waals surface area contributed by atoms with Crippen molar-refractivity contribution in [1.29, 1.82) is 0 Å². The van der Waals surface area contributed by atoms with Crippen LogP contribution in [0.5, 0.6) is 0 Å². The van der Waals surface area contributed by atoms with E-state index in [4.69, 9.17) is 4.42 Å². The largest absolute Gasteiger partial charge is 0.420 e. The Hall–Kier alpha value is -3.09. The number of likely N-dealkylation sites (tertiary alicyclic amines) is 1. The maximum Gasteiger partial charge on any atom is 0.255 e. The van der Waals surface area contributed by atoms with Gasteiger partial charge in [0, 0.05) is 31.0 Å². The fraction of sp³-hybridized carbons (Fsp3) is 0.263. The molecule has 1 aliphatic rings. The van der Waals surface area contributed by atoms with E-state index in [0.29, 0.717) is 36.0 Å². The van der Waals surface area contributed by atoms with E-state index >= 15 is 0 Å². The molecule has 0 spiro atoms. The van der Waals surface area contributed by atoms with Crippen LogP contribution in [0.2, 0.25) is 0 Å². The molecule has 4 rings (SSSR count). The molecule has 1 saturated heterocycles. The van der Waals surface area contributed by atoms with Crippen LogP contribution in [-0.2, 0) is 0 Å². The Balaban J connectivity index is 1.50. The van der Waals surface area contributed by atoms with E-state index in [0.717, 1.165) is 12.8 Å². The van der Waals surface area contributed by atoms with Crippen LogP contribution in [0.3, 0.4) is 0 Å². The number of amides is 1. The zero-order chi connectivity index (χ0) is 17.9. The van der Waals surface area contributed by atoms with Crippen molar-refractivity contribution in [2.75, 3.05) is 13.1 Å². The fourth-order valence-electron chi connectivity index (χ4n) is 3.14. The third-order valence-corrected chi connectivity index (χ3v) is 4.50. The summed E-state index contributed by atoms with van der Waals surface area (Å²) in [7, 11) is 0. The average Bonchev–Trinajstić information content (AvgIpc) is 3.19. The Morgan fingerprint density at radius 2 is 2.04 bits per heavy atom. The number of rotatable bonds is 3. The summed E-state index contributed by atoms with van der Waals surface area (Å²) in [5, 5.41) is 8.21. The first-order valence-electron chi connectivity index (χ1n) is 8.49. The number of hydrogen-bond donors (Lipinski definition) is 0. The van der Waals surface area contributed by atoms with Gasteiger partial charge in [0.15, 0.2) is 0 Å². The Kier molecular flexibility index (Phi) is 4.43. The van der Waals surface area contributed by atoms with Gasteiger partial charge in [-0.3, -0.25) is 9.78 Å². The van der Waals surface area contributed by atoms with Crippen LogP contribution in [0.25, 0.3) is 11.5 Å². The highest BCUT2D eigenvalue weighted by Crippen LogP contribution is 2.29. The number of carbonyl (C=O) groups is 1. The molecule has 3 aromatic rings. The first kappa shape index (κ1) is 16.4. The maximum absolute atomic E-state index is 13.0. The maximum atomic E-state index is 13.0. The normalized spacial score (nSPS) is 17.3. The quantitative estimate of drug-likeness (QED) is 0.723. The van der Waals surface area contributed by atoms with Gasteiger partial charge in [-0.15, -0.1) is 10.2 Å². The van der Waals surface area contributed by atoms with Gasteiger partial charge in [0.05, 0.1) is 11.5 Å². The molecule has 1 fully saturated rings. The van der Waals surface area contributed by atoms with Crippen molar-refractivity contribution >= 4 is 5.91 Å². The van der Waals surface area contributed by atoms with Crippen LogP contribution >= 0.6 is 0 Å². The van der Waals surface area contributed by atoms with E-state index < -0.39 is 0 Å². The summed E-state index contributed by atoms with van der Waals surface area (Å²) in [6.07, 6.45) is 4.96. The molecule has 6 nitrogen and oxygen atoms in total. The molecule has 1 unspecified atom stereocenters. The van der Waals surface area contributed by atoms with Crippen molar-refractivity contribution in [3.05, 3.63) is 66.1 Å². The predicted octanol–water partition coefficient (Wildman–Crippen LogP) is 3.29. The minimum Gasteiger partial charge on any atom is -0.420 e. The molecule has 132 valence electrons. The van der Waals surface area contributed by atoms with Gasteiger partial charge in [-0.05, 0) is 49.2 Å². The van der Waals surface area contributed by atoms with Crippen LogP contribution in [0.1, 0.15) is 35.0 Å². The molecular formula is C19H17FN4O2. The van der Waals surface area contributed by atoms with Gasteiger partial charge in [-0.2, -0.15) is 0 Å². The van der Waals surface area contributed by atoms with Gasteiger partial charge in [0.25, 0.3) is 5.91 Å². The first-order valence-corrected chi connectivity index (χ1v) is 8.49. The Morgan fingerprint density at radius 1 is 1.19 bits per heavy atom. The average molecular weight is 352 g/mol. The van der Waals surface area contributed by atoms with Crippen LogP contribution in [0.4, 0.5) is 4.39 Å². The molecule has 0 saturated carbocycles. The van der Waals surface area contributed by atoms with Gasteiger partial charge in [0.1, 0.15) is 5.82 Å². The molecule has 1 aliphatic heterocycles. The number of benzene rings is 1. The van der Waals surface area contributed by atoms with Crippen molar-refractivity contribution in [1.82, 2.24) is 20.1 Å². The molecule has 1 amide bonds. The van der Waals surface area contributed by atoms with E-state index in [1.807, 2.05) is 0 Å². The van der Waals surface area contributed by atoms with Crippen LogP contribution in [0.15, 0.2) is 53.2 Å². The molecule has 1 atom stereocenters. The molecule has 2 aromatic heterocycles. The number of halogens is 1. The number of hydrogen-bond acceptors (Lipinski definition) is 5. The molecule has 26 heavy (non-hydrogen) atoms.